The largest absolute Gasteiger partial charge is 0.478 e. The minimum absolute atomic E-state index is 0.0339. The van der Waals surface area contributed by atoms with Crippen LogP contribution in [0.5, 0.6) is 0 Å². The summed E-state index contributed by atoms with van der Waals surface area (Å²) in [6.07, 6.45) is 0.867. The fourth-order valence-electron chi connectivity index (χ4n) is 2.46. The van der Waals surface area contributed by atoms with Crippen LogP contribution in [0.2, 0.25) is 0 Å². The molecule has 1 saturated heterocycles. The minimum atomic E-state index is -1.32. The van der Waals surface area contributed by atoms with Gasteiger partial charge in [0.25, 0.3) is 0 Å². The smallest absolute Gasteiger partial charge is 0.338 e. The van der Waals surface area contributed by atoms with E-state index in [1.807, 2.05) is 11.8 Å². The van der Waals surface area contributed by atoms with Crippen molar-refractivity contribution in [3.8, 4) is 0 Å². The number of rotatable bonds is 3. The third-order valence-electron chi connectivity index (χ3n) is 3.56. The summed E-state index contributed by atoms with van der Waals surface area (Å²) in [5, 5.41) is 8.84. The van der Waals surface area contributed by atoms with E-state index in [4.69, 9.17) is 15.6 Å². The van der Waals surface area contributed by atoms with E-state index < -0.39 is 17.3 Å². The molecule has 0 saturated carbocycles. The Morgan fingerprint density at radius 2 is 2.26 bits per heavy atom. The number of aromatic carboxylic acids is 1. The number of carboxylic acid groups (broad SMARTS) is 1. The van der Waals surface area contributed by atoms with Crippen LogP contribution in [0.3, 0.4) is 0 Å². The van der Waals surface area contributed by atoms with Gasteiger partial charge in [0, 0.05) is 19.7 Å². The van der Waals surface area contributed by atoms with E-state index in [-0.39, 0.29) is 17.8 Å². The Morgan fingerprint density at radius 1 is 1.58 bits per heavy atom. The fourth-order valence-corrected chi connectivity index (χ4v) is 2.46. The first-order chi connectivity index (χ1) is 8.91. The molecular weight excluding hydrogens is 251 g/mol. The molecule has 0 amide bonds. The van der Waals surface area contributed by atoms with Crippen LogP contribution in [0.15, 0.2) is 12.1 Å². The summed E-state index contributed by atoms with van der Waals surface area (Å²) >= 11 is 0. The summed E-state index contributed by atoms with van der Waals surface area (Å²) in [6.45, 7) is 2.61. The predicted octanol–water partition coefficient (Wildman–Crippen LogP) is 1.72. The third kappa shape index (κ3) is 2.49. The topological polar surface area (TPSA) is 75.8 Å². The number of likely N-dealkylation sites (N-methyl/N-ethyl adjacent to an activating group) is 1. The normalized spacial score (nSPS) is 22.5. The van der Waals surface area contributed by atoms with Crippen LogP contribution in [-0.2, 0) is 4.74 Å². The highest BCUT2D eigenvalue weighted by Gasteiger charge is 2.29. The fraction of sp³-hybridized carbons (Fsp3) is 0.462. The highest BCUT2D eigenvalue weighted by atomic mass is 19.1. The summed E-state index contributed by atoms with van der Waals surface area (Å²) in [5.41, 5.74) is 6.16. The lowest BCUT2D eigenvalue weighted by atomic mass is 10.1. The van der Waals surface area contributed by atoms with Gasteiger partial charge in [-0.25, -0.2) is 9.18 Å². The molecule has 1 aliphatic heterocycles. The average molecular weight is 268 g/mol. The number of halogens is 1. The quantitative estimate of drug-likeness (QED) is 0.816. The second-order valence-electron chi connectivity index (χ2n) is 4.74. The maximum absolute atomic E-state index is 13.7. The van der Waals surface area contributed by atoms with Crippen molar-refractivity contribution in [1.82, 2.24) is 0 Å². The molecule has 2 atom stereocenters. The molecular formula is C13H17FN2O3. The third-order valence-corrected chi connectivity index (χ3v) is 3.56. The van der Waals surface area contributed by atoms with Crippen LogP contribution >= 0.6 is 0 Å². The van der Waals surface area contributed by atoms with Gasteiger partial charge in [-0.1, -0.05) is 0 Å². The summed E-state index contributed by atoms with van der Waals surface area (Å²) in [4.78, 5) is 12.7. The molecule has 2 unspecified atom stereocenters. The molecule has 0 bridgehead atoms. The monoisotopic (exact) mass is 268 g/mol. The number of hydrogen-bond acceptors (Lipinski definition) is 4. The molecule has 6 heteroatoms. The molecule has 104 valence electrons. The Hall–Kier alpha value is -1.82. The Bertz CT molecular complexity index is 507. The lowest BCUT2D eigenvalue weighted by Gasteiger charge is -2.30. The zero-order chi connectivity index (χ0) is 14.2. The van der Waals surface area contributed by atoms with Gasteiger partial charge in [-0.15, -0.1) is 0 Å². The van der Waals surface area contributed by atoms with Crippen LogP contribution < -0.4 is 10.6 Å². The van der Waals surface area contributed by atoms with E-state index in [0.717, 1.165) is 12.5 Å². The van der Waals surface area contributed by atoms with E-state index in [1.54, 1.807) is 7.05 Å². The SMILES string of the molecule is CC1OCCC1N(C)c1cc(F)c(C(=O)O)cc1N. The summed E-state index contributed by atoms with van der Waals surface area (Å²) in [5.74, 6) is -2.11. The number of benzene rings is 1. The number of nitrogens with zero attached hydrogens (tertiary/aromatic N) is 1. The van der Waals surface area contributed by atoms with E-state index in [1.165, 1.54) is 6.07 Å². The summed E-state index contributed by atoms with van der Waals surface area (Å²) in [7, 11) is 1.81. The van der Waals surface area contributed by atoms with Gasteiger partial charge in [-0.05, 0) is 19.4 Å². The van der Waals surface area contributed by atoms with Crippen molar-refractivity contribution in [1.29, 1.82) is 0 Å². The van der Waals surface area contributed by atoms with Crippen molar-refractivity contribution in [2.24, 2.45) is 0 Å². The molecule has 1 aliphatic rings. The Kier molecular flexibility index (Phi) is 3.61. The van der Waals surface area contributed by atoms with Crippen LogP contribution in [-0.4, -0.2) is 36.9 Å². The first kappa shape index (κ1) is 13.6. The first-order valence-corrected chi connectivity index (χ1v) is 6.08. The van der Waals surface area contributed by atoms with Gasteiger partial charge in [0.15, 0.2) is 0 Å². The molecule has 1 aromatic rings. The van der Waals surface area contributed by atoms with Crippen molar-refractivity contribution >= 4 is 17.3 Å². The van der Waals surface area contributed by atoms with E-state index in [9.17, 15) is 9.18 Å². The first-order valence-electron chi connectivity index (χ1n) is 6.08. The molecule has 0 aromatic heterocycles. The minimum Gasteiger partial charge on any atom is -0.478 e. The second kappa shape index (κ2) is 5.05. The number of anilines is 2. The van der Waals surface area contributed by atoms with Crippen LogP contribution in [0.25, 0.3) is 0 Å². The molecule has 1 heterocycles. The lowest BCUT2D eigenvalue weighted by Crippen LogP contribution is -2.37. The van der Waals surface area contributed by atoms with E-state index in [0.29, 0.717) is 12.3 Å². The van der Waals surface area contributed by atoms with Crippen molar-refractivity contribution in [2.75, 3.05) is 24.3 Å². The van der Waals surface area contributed by atoms with Crippen molar-refractivity contribution in [3.05, 3.63) is 23.5 Å². The van der Waals surface area contributed by atoms with E-state index in [2.05, 4.69) is 0 Å². The molecule has 1 aromatic carbocycles. The standard InChI is InChI=1S/C13H17FN2O3/c1-7-11(3-4-19-7)16(2)12-6-9(14)8(13(17)18)5-10(12)15/h5-7,11H,3-4,15H2,1-2H3,(H,17,18). The molecule has 5 nitrogen and oxygen atoms in total. The molecule has 2 rings (SSSR count). The highest BCUT2D eigenvalue weighted by molar-refractivity contribution is 5.91. The zero-order valence-electron chi connectivity index (χ0n) is 10.9. The number of nitrogen functional groups attached to an aromatic ring is 1. The summed E-state index contributed by atoms with van der Waals surface area (Å²) in [6, 6.07) is 2.44. The van der Waals surface area contributed by atoms with Crippen LogP contribution in [0, 0.1) is 5.82 Å². The summed E-state index contributed by atoms with van der Waals surface area (Å²) < 4.78 is 19.2. The molecule has 0 spiro atoms. The maximum Gasteiger partial charge on any atom is 0.338 e. The van der Waals surface area contributed by atoms with Crippen molar-refractivity contribution < 1.29 is 19.0 Å². The molecule has 0 aliphatic carbocycles. The van der Waals surface area contributed by atoms with Gasteiger partial charge in [0.2, 0.25) is 0 Å². The van der Waals surface area contributed by atoms with Crippen LogP contribution in [0.4, 0.5) is 15.8 Å². The van der Waals surface area contributed by atoms with E-state index >= 15 is 0 Å². The van der Waals surface area contributed by atoms with Crippen LogP contribution in [0.1, 0.15) is 23.7 Å². The van der Waals surface area contributed by atoms with Gasteiger partial charge in [0.05, 0.1) is 29.1 Å². The van der Waals surface area contributed by atoms with Gasteiger partial charge in [0.1, 0.15) is 5.82 Å². The number of carbonyl (C=O) groups is 1. The number of carboxylic acids is 1. The number of hydrogen-bond donors (Lipinski definition) is 2. The van der Waals surface area contributed by atoms with Crippen molar-refractivity contribution in [2.45, 2.75) is 25.5 Å². The Labute approximate surface area is 110 Å². The van der Waals surface area contributed by atoms with Gasteiger partial charge in [-0.3, -0.25) is 0 Å². The molecule has 1 fully saturated rings. The lowest BCUT2D eigenvalue weighted by molar-refractivity contribution is 0.0692. The average Bonchev–Trinajstić information content (AvgIpc) is 2.76. The Balaban J connectivity index is 2.35. The molecule has 19 heavy (non-hydrogen) atoms. The maximum atomic E-state index is 13.7. The zero-order valence-corrected chi connectivity index (χ0v) is 10.9. The highest BCUT2D eigenvalue weighted by Crippen LogP contribution is 2.30. The van der Waals surface area contributed by atoms with Gasteiger partial charge in [-0.2, -0.15) is 0 Å². The number of ether oxygens (including phenoxy) is 1. The molecule has 0 radical (unpaired) electrons. The van der Waals surface area contributed by atoms with Gasteiger partial charge < -0.3 is 20.5 Å². The Morgan fingerprint density at radius 3 is 2.79 bits per heavy atom. The molecule has 3 N–H and O–H groups in total. The van der Waals surface area contributed by atoms with Gasteiger partial charge >= 0.3 is 5.97 Å². The van der Waals surface area contributed by atoms with Crippen molar-refractivity contribution in [3.63, 3.8) is 0 Å². The number of nitrogens with two attached hydrogens (primary N) is 1. The second-order valence-corrected chi connectivity index (χ2v) is 4.74. The predicted molar refractivity (Wildman–Crippen MR) is 70.0 cm³/mol.